The monoisotopic (exact) mass is 507 g/mol. The fraction of sp³-hybridized carbons (Fsp3) is 0.737. The van der Waals surface area contributed by atoms with E-state index in [9.17, 15) is 30.4 Å². The highest BCUT2D eigenvalue weighted by Gasteiger charge is 2.44. The van der Waals surface area contributed by atoms with Crippen molar-refractivity contribution in [3.8, 4) is 0 Å². The van der Waals surface area contributed by atoms with E-state index in [-0.39, 0.29) is 54.6 Å². The summed E-state index contributed by atoms with van der Waals surface area (Å²) < 4.78 is 96.5. The normalized spacial score (nSPS) is 17.5. The van der Waals surface area contributed by atoms with Crippen LogP contribution in [0.5, 0.6) is 0 Å². The first-order valence-electron chi connectivity index (χ1n) is 10.0. The number of hydrogen-bond acceptors (Lipinski definition) is 5. The van der Waals surface area contributed by atoms with E-state index in [0.717, 1.165) is 10.5 Å². The van der Waals surface area contributed by atoms with Gasteiger partial charge in [-0.2, -0.15) is 17.5 Å². The van der Waals surface area contributed by atoms with Crippen LogP contribution in [-0.2, 0) is 14.8 Å². The molecular formula is C19H27ClF5N3O3S. The van der Waals surface area contributed by atoms with Crippen LogP contribution in [0.3, 0.4) is 0 Å². The second-order valence-electron chi connectivity index (χ2n) is 8.33. The van der Waals surface area contributed by atoms with Gasteiger partial charge in [0.1, 0.15) is 17.3 Å². The van der Waals surface area contributed by atoms with Crippen molar-refractivity contribution in [2.45, 2.75) is 63.1 Å². The molecule has 0 unspecified atom stereocenters. The van der Waals surface area contributed by atoms with Gasteiger partial charge in [0, 0.05) is 37.7 Å². The molecule has 1 fully saturated rings. The Kier molecular flexibility index (Phi) is 8.39. The minimum atomic E-state index is -4.44. The highest BCUT2D eigenvalue weighted by molar-refractivity contribution is 7.89. The van der Waals surface area contributed by atoms with Crippen molar-refractivity contribution in [1.29, 1.82) is 0 Å². The summed E-state index contributed by atoms with van der Waals surface area (Å²) in [5.41, 5.74) is -1.39. The summed E-state index contributed by atoms with van der Waals surface area (Å²) in [6, 6.07) is 1.17. The third kappa shape index (κ3) is 6.64. The maximum atomic E-state index is 14.1. The molecule has 32 heavy (non-hydrogen) atoms. The highest BCUT2D eigenvalue weighted by Crippen LogP contribution is 2.39. The summed E-state index contributed by atoms with van der Waals surface area (Å²) in [4.78, 5) is 3.78. The average molecular weight is 508 g/mol. The standard InChI is InChI=1S/C19H27ClF5N3O3S/c1-4-18(21,22)17(2,3)11-27-16-15(20)9-14(10-26-16)32(29,30)28-7-5-13(6-8-28)31-12-19(23,24)25/h9-10,13H,4-8,11-12H2,1-3H3,(H,26,27). The maximum absolute atomic E-state index is 14.1. The minimum absolute atomic E-state index is 0.0111. The van der Waals surface area contributed by atoms with Crippen LogP contribution >= 0.6 is 11.6 Å². The van der Waals surface area contributed by atoms with E-state index in [1.54, 1.807) is 0 Å². The molecule has 1 N–H and O–H groups in total. The Morgan fingerprint density at radius 2 is 1.81 bits per heavy atom. The molecule has 1 aliphatic rings. The van der Waals surface area contributed by atoms with Gasteiger partial charge in [-0.1, -0.05) is 32.4 Å². The molecule has 1 saturated heterocycles. The number of rotatable bonds is 9. The van der Waals surface area contributed by atoms with Crippen molar-refractivity contribution in [2.75, 3.05) is 31.6 Å². The number of sulfonamides is 1. The number of nitrogens with one attached hydrogen (secondary N) is 1. The average Bonchev–Trinajstić information content (AvgIpc) is 2.71. The number of hydrogen-bond donors (Lipinski definition) is 1. The quantitative estimate of drug-likeness (QED) is 0.479. The Balaban J connectivity index is 2.03. The number of aromatic nitrogens is 1. The van der Waals surface area contributed by atoms with E-state index in [1.807, 2.05) is 0 Å². The first-order chi connectivity index (χ1) is 14.6. The molecule has 2 heterocycles. The summed E-state index contributed by atoms with van der Waals surface area (Å²) in [6.45, 7) is 2.65. The lowest BCUT2D eigenvalue weighted by Crippen LogP contribution is -2.41. The first-order valence-corrected chi connectivity index (χ1v) is 11.9. The molecule has 0 atom stereocenters. The fourth-order valence-electron chi connectivity index (χ4n) is 3.20. The highest BCUT2D eigenvalue weighted by atomic mass is 35.5. The van der Waals surface area contributed by atoms with Crippen molar-refractivity contribution in [2.24, 2.45) is 5.41 Å². The van der Waals surface area contributed by atoms with Gasteiger partial charge in [0.05, 0.1) is 11.1 Å². The largest absolute Gasteiger partial charge is 0.411 e. The number of nitrogens with zero attached hydrogens (tertiary/aromatic N) is 2. The Morgan fingerprint density at radius 3 is 2.31 bits per heavy atom. The summed E-state index contributed by atoms with van der Waals surface area (Å²) in [6.07, 6.45) is -4.14. The molecule has 0 spiro atoms. The second-order valence-corrected chi connectivity index (χ2v) is 10.7. The number of piperidine rings is 1. The van der Waals surface area contributed by atoms with Crippen LogP contribution in [0.2, 0.25) is 5.02 Å². The zero-order valence-corrected chi connectivity index (χ0v) is 19.5. The van der Waals surface area contributed by atoms with Gasteiger partial charge in [-0.15, -0.1) is 0 Å². The number of alkyl halides is 5. The Morgan fingerprint density at radius 1 is 1.22 bits per heavy atom. The van der Waals surface area contributed by atoms with Gasteiger partial charge in [0.15, 0.2) is 0 Å². The third-order valence-electron chi connectivity index (χ3n) is 5.47. The number of halogens is 6. The summed E-state index contributed by atoms with van der Waals surface area (Å²) in [7, 11) is -3.98. The SMILES string of the molecule is CCC(F)(F)C(C)(C)CNc1ncc(S(=O)(=O)N2CCC(OCC(F)(F)F)CC2)cc1Cl. The first kappa shape index (κ1) is 27.0. The van der Waals surface area contributed by atoms with E-state index in [4.69, 9.17) is 16.3 Å². The smallest absolute Gasteiger partial charge is 0.369 e. The molecule has 0 radical (unpaired) electrons. The van der Waals surface area contributed by atoms with E-state index in [1.165, 1.54) is 26.8 Å². The molecule has 0 bridgehead atoms. The summed E-state index contributed by atoms with van der Waals surface area (Å²) in [5.74, 6) is -2.85. The zero-order chi connectivity index (χ0) is 24.4. The summed E-state index contributed by atoms with van der Waals surface area (Å²) in [5, 5.41) is 2.69. The fourth-order valence-corrected chi connectivity index (χ4v) is 4.94. The van der Waals surface area contributed by atoms with Gasteiger partial charge in [0.25, 0.3) is 5.92 Å². The predicted molar refractivity (Wildman–Crippen MR) is 111 cm³/mol. The Bertz CT molecular complexity index is 889. The molecular weight excluding hydrogens is 481 g/mol. The lowest BCUT2D eigenvalue weighted by molar-refractivity contribution is -0.188. The topological polar surface area (TPSA) is 71.5 Å². The van der Waals surface area contributed by atoms with Crippen LogP contribution < -0.4 is 5.32 Å². The number of pyridine rings is 1. The van der Waals surface area contributed by atoms with Crippen LogP contribution in [0.15, 0.2) is 17.2 Å². The van der Waals surface area contributed by atoms with Crippen LogP contribution in [-0.4, -0.2) is 62.2 Å². The van der Waals surface area contributed by atoms with Gasteiger partial charge < -0.3 is 10.1 Å². The molecule has 1 aromatic heterocycles. The number of ether oxygens (including phenoxy) is 1. The Labute approximate surface area is 189 Å². The minimum Gasteiger partial charge on any atom is -0.369 e. The predicted octanol–water partition coefficient (Wildman–Crippen LogP) is 4.95. The van der Waals surface area contributed by atoms with Crippen molar-refractivity contribution in [3.05, 3.63) is 17.3 Å². The Hall–Kier alpha value is -1.24. The molecule has 13 heteroatoms. The van der Waals surface area contributed by atoms with E-state index in [2.05, 4.69) is 10.3 Å². The van der Waals surface area contributed by atoms with Crippen LogP contribution in [0, 0.1) is 5.41 Å². The van der Waals surface area contributed by atoms with Gasteiger partial charge in [-0.05, 0) is 18.9 Å². The number of anilines is 1. The molecule has 0 amide bonds. The van der Waals surface area contributed by atoms with E-state index < -0.39 is 40.2 Å². The lowest BCUT2D eigenvalue weighted by atomic mass is 9.84. The zero-order valence-electron chi connectivity index (χ0n) is 18.0. The molecule has 6 nitrogen and oxygen atoms in total. The van der Waals surface area contributed by atoms with Crippen molar-refractivity contribution in [1.82, 2.24) is 9.29 Å². The third-order valence-corrected chi connectivity index (χ3v) is 7.62. The molecule has 0 saturated carbocycles. The second kappa shape index (κ2) is 9.94. The summed E-state index contributed by atoms with van der Waals surface area (Å²) >= 11 is 6.14. The van der Waals surface area contributed by atoms with Crippen molar-refractivity contribution < 1.29 is 35.1 Å². The molecule has 0 aromatic carbocycles. The van der Waals surface area contributed by atoms with Crippen LogP contribution in [0.4, 0.5) is 27.8 Å². The van der Waals surface area contributed by atoms with E-state index >= 15 is 0 Å². The molecule has 1 aliphatic heterocycles. The molecule has 184 valence electrons. The maximum Gasteiger partial charge on any atom is 0.411 e. The van der Waals surface area contributed by atoms with Gasteiger partial charge in [-0.3, -0.25) is 0 Å². The van der Waals surface area contributed by atoms with E-state index in [0.29, 0.717) is 0 Å². The van der Waals surface area contributed by atoms with Crippen LogP contribution in [0.25, 0.3) is 0 Å². The molecule has 2 rings (SSSR count). The molecule has 0 aliphatic carbocycles. The van der Waals surface area contributed by atoms with Crippen molar-refractivity contribution in [3.63, 3.8) is 0 Å². The van der Waals surface area contributed by atoms with Gasteiger partial charge >= 0.3 is 6.18 Å². The van der Waals surface area contributed by atoms with Gasteiger partial charge in [0.2, 0.25) is 10.0 Å². The lowest BCUT2D eigenvalue weighted by Gasteiger charge is -2.33. The van der Waals surface area contributed by atoms with Gasteiger partial charge in [-0.25, -0.2) is 22.2 Å². The van der Waals surface area contributed by atoms with Crippen LogP contribution in [0.1, 0.15) is 40.0 Å². The molecule has 1 aromatic rings. The van der Waals surface area contributed by atoms with Crippen molar-refractivity contribution >= 4 is 27.4 Å².